The highest BCUT2D eigenvalue weighted by molar-refractivity contribution is 6.39. The summed E-state index contributed by atoms with van der Waals surface area (Å²) in [5.41, 5.74) is -0.642. The molecule has 0 aliphatic rings. The van der Waals surface area contributed by atoms with Crippen molar-refractivity contribution in [2.45, 2.75) is 0 Å². The van der Waals surface area contributed by atoms with Crippen LogP contribution >= 0.6 is 23.2 Å². The van der Waals surface area contributed by atoms with E-state index in [1.807, 2.05) is 0 Å². The smallest absolute Gasteiger partial charge is 0.336 e. The van der Waals surface area contributed by atoms with Gasteiger partial charge in [0.2, 0.25) is 0 Å². The second kappa shape index (κ2) is 5.63. The molecule has 2 rings (SSSR count). The van der Waals surface area contributed by atoms with E-state index < -0.39 is 28.3 Å². The molecule has 0 aliphatic carbocycles. The molecule has 0 saturated heterocycles. The summed E-state index contributed by atoms with van der Waals surface area (Å²) in [5.74, 6) is -3.27. The fraction of sp³-hybridized carbons (Fsp3) is 0. The zero-order valence-corrected chi connectivity index (χ0v) is 11.8. The lowest BCUT2D eigenvalue weighted by molar-refractivity contribution is 0.0692. The zero-order chi connectivity index (χ0) is 15.7. The van der Waals surface area contributed by atoms with Gasteiger partial charge in [-0.3, -0.25) is 4.79 Å². The van der Waals surface area contributed by atoms with Crippen molar-refractivity contribution in [3.8, 4) is 11.5 Å². The van der Waals surface area contributed by atoms with Crippen LogP contribution in [0, 0.1) is 0 Å². The predicted octanol–water partition coefficient (Wildman–Crippen LogP) is 3.33. The van der Waals surface area contributed by atoms with Gasteiger partial charge in [0.15, 0.2) is 11.5 Å². The van der Waals surface area contributed by atoms with Crippen LogP contribution in [0.15, 0.2) is 30.3 Å². The number of carbonyl (C=O) groups excluding carboxylic acids is 1. The van der Waals surface area contributed by atoms with Gasteiger partial charge >= 0.3 is 5.97 Å². The van der Waals surface area contributed by atoms with Crippen molar-refractivity contribution in [3.63, 3.8) is 0 Å². The van der Waals surface area contributed by atoms with Crippen LogP contribution in [0.1, 0.15) is 26.3 Å². The molecule has 0 atom stereocenters. The Morgan fingerprint density at radius 2 is 1.48 bits per heavy atom. The summed E-state index contributed by atoms with van der Waals surface area (Å²) < 4.78 is 0. The summed E-state index contributed by atoms with van der Waals surface area (Å²) in [4.78, 5) is 23.5. The molecule has 21 heavy (non-hydrogen) atoms. The Labute approximate surface area is 129 Å². The molecule has 0 amide bonds. The SMILES string of the molecule is O=C(O)c1ccccc1C(=O)c1cc(Cl)c(O)c(Cl)c1O. The second-order valence-electron chi connectivity index (χ2n) is 4.10. The Hall–Kier alpha value is -2.24. The van der Waals surface area contributed by atoms with Gasteiger partial charge in [-0.1, -0.05) is 41.4 Å². The minimum absolute atomic E-state index is 0.127. The molecule has 0 unspecified atom stereocenters. The lowest BCUT2D eigenvalue weighted by Gasteiger charge is -2.10. The number of carboxylic acids is 1. The number of benzene rings is 2. The third-order valence-electron chi connectivity index (χ3n) is 2.81. The number of hydrogen-bond donors (Lipinski definition) is 3. The van der Waals surface area contributed by atoms with Crippen LogP contribution in [0.5, 0.6) is 11.5 Å². The number of phenols is 2. The van der Waals surface area contributed by atoms with Gasteiger partial charge in [0.05, 0.1) is 16.1 Å². The van der Waals surface area contributed by atoms with Crippen molar-refractivity contribution < 1.29 is 24.9 Å². The number of hydrogen-bond acceptors (Lipinski definition) is 4. The number of carboxylic acid groups (broad SMARTS) is 1. The molecule has 0 aliphatic heterocycles. The molecule has 3 N–H and O–H groups in total. The maximum absolute atomic E-state index is 12.4. The molecule has 0 aromatic heterocycles. The van der Waals surface area contributed by atoms with E-state index in [0.717, 1.165) is 6.07 Å². The van der Waals surface area contributed by atoms with Gasteiger partial charge in [-0.25, -0.2) is 4.79 Å². The summed E-state index contributed by atoms with van der Waals surface area (Å²) in [6.07, 6.45) is 0. The topological polar surface area (TPSA) is 94.8 Å². The maximum atomic E-state index is 12.4. The molecule has 0 spiro atoms. The molecule has 0 bridgehead atoms. The number of aromatic hydroxyl groups is 2. The Bertz CT molecular complexity index is 755. The standard InChI is InChI=1S/C14H8Cl2O5/c15-9-5-8(12(18)10(16)13(9)19)11(17)6-3-1-2-4-7(6)14(20)21/h1-5,18-19H,(H,20,21). The van der Waals surface area contributed by atoms with Gasteiger partial charge in [0.25, 0.3) is 0 Å². The molecule has 108 valence electrons. The summed E-state index contributed by atoms with van der Waals surface area (Å²) in [6.45, 7) is 0. The second-order valence-corrected chi connectivity index (χ2v) is 4.88. The van der Waals surface area contributed by atoms with Crippen LogP contribution in [0.4, 0.5) is 0 Å². The summed E-state index contributed by atoms with van der Waals surface area (Å²) >= 11 is 11.4. The van der Waals surface area contributed by atoms with Crippen molar-refractivity contribution in [1.82, 2.24) is 0 Å². The van der Waals surface area contributed by atoms with Gasteiger partial charge in [-0.2, -0.15) is 0 Å². The number of rotatable bonds is 3. The van der Waals surface area contributed by atoms with E-state index in [0.29, 0.717) is 0 Å². The lowest BCUT2D eigenvalue weighted by atomic mass is 9.97. The van der Waals surface area contributed by atoms with E-state index in [1.165, 1.54) is 24.3 Å². The van der Waals surface area contributed by atoms with Crippen molar-refractivity contribution >= 4 is 35.0 Å². The van der Waals surface area contributed by atoms with E-state index in [9.17, 15) is 19.8 Å². The van der Waals surface area contributed by atoms with E-state index in [4.69, 9.17) is 28.3 Å². The van der Waals surface area contributed by atoms with Crippen molar-refractivity contribution in [2.75, 3.05) is 0 Å². The minimum atomic E-state index is -1.28. The quantitative estimate of drug-likeness (QED) is 0.752. The van der Waals surface area contributed by atoms with E-state index in [-0.39, 0.29) is 21.7 Å². The highest BCUT2D eigenvalue weighted by Crippen LogP contribution is 2.41. The number of phenolic OH excluding ortho intramolecular Hbond substituents is 2. The van der Waals surface area contributed by atoms with Crippen molar-refractivity contribution in [1.29, 1.82) is 0 Å². The first-order valence-electron chi connectivity index (χ1n) is 5.61. The fourth-order valence-electron chi connectivity index (χ4n) is 1.78. The molecular weight excluding hydrogens is 319 g/mol. The van der Waals surface area contributed by atoms with Gasteiger partial charge in [-0.05, 0) is 12.1 Å². The monoisotopic (exact) mass is 326 g/mol. The average Bonchev–Trinajstić information content (AvgIpc) is 2.48. The van der Waals surface area contributed by atoms with Gasteiger partial charge in [0, 0.05) is 5.56 Å². The zero-order valence-electron chi connectivity index (χ0n) is 10.3. The van der Waals surface area contributed by atoms with Gasteiger partial charge in [0.1, 0.15) is 10.8 Å². The Kier molecular flexibility index (Phi) is 4.06. The van der Waals surface area contributed by atoms with Crippen LogP contribution in [0.25, 0.3) is 0 Å². The average molecular weight is 327 g/mol. The highest BCUT2D eigenvalue weighted by atomic mass is 35.5. The fourth-order valence-corrected chi connectivity index (χ4v) is 2.24. The molecular formula is C14H8Cl2O5. The Morgan fingerprint density at radius 3 is 2.05 bits per heavy atom. The predicted molar refractivity (Wildman–Crippen MR) is 76.6 cm³/mol. The third-order valence-corrected chi connectivity index (χ3v) is 3.46. The first-order chi connectivity index (χ1) is 9.84. The molecule has 7 heteroatoms. The van der Waals surface area contributed by atoms with Crippen LogP contribution < -0.4 is 0 Å². The van der Waals surface area contributed by atoms with E-state index >= 15 is 0 Å². The summed E-state index contributed by atoms with van der Waals surface area (Å²) in [6, 6.07) is 6.55. The van der Waals surface area contributed by atoms with Crippen LogP contribution in [0.2, 0.25) is 10.0 Å². The summed E-state index contributed by atoms with van der Waals surface area (Å²) in [5, 5.41) is 27.7. The number of halogens is 2. The Morgan fingerprint density at radius 1 is 0.905 bits per heavy atom. The molecule has 2 aromatic rings. The van der Waals surface area contributed by atoms with Gasteiger partial charge in [-0.15, -0.1) is 0 Å². The molecule has 5 nitrogen and oxygen atoms in total. The highest BCUT2D eigenvalue weighted by Gasteiger charge is 2.24. The largest absolute Gasteiger partial charge is 0.505 e. The normalized spacial score (nSPS) is 10.4. The first kappa shape index (κ1) is 15.2. The van der Waals surface area contributed by atoms with Crippen LogP contribution in [-0.2, 0) is 0 Å². The van der Waals surface area contributed by atoms with Crippen molar-refractivity contribution in [2.24, 2.45) is 0 Å². The number of aromatic carboxylic acids is 1. The third kappa shape index (κ3) is 2.66. The molecule has 0 saturated carbocycles. The van der Waals surface area contributed by atoms with Crippen LogP contribution in [-0.4, -0.2) is 27.1 Å². The Balaban J connectivity index is 2.64. The lowest BCUT2D eigenvalue weighted by Crippen LogP contribution is -2.10. The van der Waals surface area contributed by atoms with E-state index in [2.05, 4.69) is 0 Å². The van der Waals surface area contributed by atoms with E-state index in [1.54, 1.807) is 0 Å². The van der Waals surface area contributed by atoms with Gasteiger partial charge < -0.3 is 15.3 Å². The van der Waals surface area contributed by atoms with Crippen molar-refractivity contribution in [3.05, 3.63) is 57.1 Å². The minimum Gasteiger partial charge on any atom is -0.505 e. The molecule has 0 radical (unpaired) electrons. The molecule has 2 aromatic carbocycles. The number of carbonyl (C=O) groups is 2. The molecule has 0 fully saturated rings. The van der Waals surface area contributed by atoms with Crippen LogP contribution in [0.3, 0.4) is 0 Å². The maximum Gasteiger partial charge on any atom is 0.336 e. The first-order valence-corrected chi connectivity index (χ1v) is 6.37. The summed E-state index contributed by atoms with van der Waals surface area (Å²) in [7, 11) is 0. The number of ketones is 1. The molecule has 0 heterocycles.